The van der Waals surface area contributed by atoms with E-state index in [2.05, 4.69) is 15.3 Å². The molecule has 0 saturated heterocycles. The van der Waals surface area contributed by atoms with E-state index < -0.39 is 0 Å². The van der Waals surface area contributed by atoms with Crippen LogP contribution in [0.15, 0.2) is 42.5 Å². The first-order valence-electron chi connectivity index (χ1n) is 7.21. The fourth-order valence-corrected chi connectivity index (χ4v) is 3.71. The van der Waals surface area contributed by atoms with Crippen LogP contribution in [-0.2, 0) is 6.61 Å². The number of ether oxygens (including phenoxy) is 1. The molecule has 0 unspecified atom stereocenters. The molecule has 0 aliphatic heterocycles. The molecule has 0 aliphatic rings. The summed E-state index contributed by atoms with van der Waals surface area (Å²) in [5.74, 6) is 1.43. The van der Waals surface area contributed by atoms with Crippen molar-refractivity contribution in [3.63, 3.8) is 0 Å². The normalized spacial score (nSPS) is 11.1. The molecule has 2 heterocycles. The Balaban J connectivity index is 1.53. The van der Waals surface area contributed by atoms with Gasteiger partial charge in [0.15, 0.2) is 9.78 Å². The number of nitrogens with zero attached hydrogens (tertiary/aromatic N) is 3. The van der Waals surface area contributed by atoms with Gasteiger partial charge in [-0.15, -0.1) is 10.2 Å². The highest BCUT2D eigenvalue weighted by atomic mass is 35.5. The quantitative estimate of drug-likeness (QED) is 0.459. The van der Waals surface area contributed by atoms with Crippen molar-refractivity contribution >= 4 is 51.7 Å². The van der Waals surface area contributed by atoms with E-state index in [1.54, 1.807) is 16.6 Å². The van der Waals surface area contributed by atoms with Crippen molar-refractivity contribution in [2.45, 2.75) is 6.61 Å². The van der Waals surface area contributed by atoms with Gasteiger partial charge in [0.2, 0.25) is 4.96 Å². The van der Waals surface area contributed by atoms with Gasteiger partial charge in [-0.05, 0) is 48.6 Å². The zero-order valence-corrected chi connectivity index (χ0v) is 15.7. The molecule has 0 fully saturated rings. The van der Waals surface area contributed by atoms with Gasteiger partial charge >= 0.3 is 0 Å². The zero-order chi connectivity index (χ0) is 17.4. The molecular formula is C16H10Cl2N4OS2. The highest BCUT2D eigenvalue weighted by Gasteiger charge is 2.10. The number of hydrogen-bond acceptors (Lipinski definition) is 5. The third-order valence-corrected chi connectivity index (χ3v) is 5.19. The van der Waals surface area contributed by atoms with Gasteiger partial charge in [-0.25, -0.2) is 4.52 Å². The first-order chi connectivity index (χ1) is 12.1. The molecule has 2 aromatic heterocycles. The highest BCUT2D eigenvalue weighted by molar-refractivity contribution is 7.73. The molecule has 0 spiro atoms. The first-order valence-corrected chi connectivity index (χ1v) is 9.19. The fourth-order valence-electron chi connectivity index (χ4n) is 2.32. The predicted molar refractivity (Wildman–Crippen MR) is 102 cm³/mol. The third-order valence-electron chi connectivity index (χ3n) is 3.54. The van der Waals surface area contributed by atoms with E-state index >= 15 is 0 Å². The lowest BCUT2D eigenvalue weighted by Gasteiger charge is -2.08. The number of rotatable bonds is 4. The Kier molecular flexibility index (Phi) is 4.47. The van der Waals surface area contributed by atoms with Crippen LogP contribution in [-0.4, -0.2) is 19.8 Å². The van der Waals surface area contributed by atoms with Crippen LogP contribution in [0.25, 0.3) is 16.3 Å². The molecule has 0 aliphatic carbocycles. The van der Waals surface area contributed by atoms with Crippen LogP contribution in [0.3, 0.4) is 0 Å². The maximum absolute atomic E-state index is 6.15. The molecule has 4 rings (SSSR count). The van der Waals surface area contributed by atoms with Crippen LogP contribution in [0.4, 0.5) is 0 Å². The third kappa shape index (κ3) is 3.41. The number of benzene rings is 2. The molecule has 2 aromatic carbocycles. The molecule has 0 bridgehead atoms. The maximum atomic E-state index is 6.15. The molecule has 25 heavy (non-hydrogen) atoms. The average molecular weight is 409 g/mol. The summed E-state index contributed by atoms with van der Waals surface area (Å²) in [7, 11) is 0. The first kappa shape index (κ1) is 16.5. The summed E-state index contributed by atoms with van der Waals surface area (Å²) in [5.41, 5.74) is 1.79. The summed E-state index contributed by atoms with van der Waals surface area (Å²) < 4.78 is 8.22. The van der Waals surface area contributed by atoms with Gasteiger partial charge in [0.05, 0.1) is 0 Å². The topological polar surface area (TPSA) is 55.2 Å². The van der Waals surface area contributed by atoms with Crippen molar-refractivity contribution in [1.29, 1.82) is 0 Å². The Morgan fingerprint density at radius 2 is 1.92 bits per heavy atom. The van der Waals surface area contributed by atoms with Crippen LogP contribution in [0.1, 0.15) is 5.56 Å². The number of nitrogens with one attached hydrogen (secondary N) is 1. The van der Waals surface area contributed by atoms with E-state index in [9.17, 15) is 0 Å². The summed E-state index contributed by atoms with van der Waals surface area (Å²) in [6.45, 7) is 0.363. The van der Waals surface area contributed by atoms with Crippen LogP contribution >= 0.6 is 46.8 Å². The van der Waals surface area contributed by atoms with E-state index in [-0.39, 0.29) is 0 Å². The van der Waals surface area contributed by atoms with Crippen molar-refractivity contribution in [1.82, 2.24) is 19.8 Å². The molecule has 5 nitrogen and oxygen atoms in total. The Bertz CT molecular complexity index is 1100. The van der Waals surface area contributed by atoms with E-state index in [1.807, 2.05) is 30.3 Å². The molecule has 0 saturated carbocycles. The number of halogens is 2. The lowest BCUT2D eigenvalue weighted by molar-refractivity contribution is 0.306. The number of aromatic amines is 1. The van der Waals surface area contributed by atoms with Crippen LogP contribution < -0.4 is 4.74 Å². The minimum absolute atomic E-state index is 0.363. The smallest absolute Gasteiger partial charge is 0.234 e. The number of hydrogen-bond donors (Lipinski definition) is 1. The molecule has 9 heteroatoms. The minimum atomic E-state index is 0.363. The Labute approximate surface area is 161 Å². The van der Waals surface area contributed by atoms with Crippen molar-refractivity contribution in [2.75, 3.05) is 0 Å². The largest absolute Gasteiger partial charge is 0.489 e. The van der Waals surface area contributed by atoms with Crippen LogP contribution in [0.2, 0.25) is 10.0 Å². The second-order valence-corrected chi connectivity index (χ2v) is 7.68. The second kappa shape index (κ2) is 6.76. The van der Waals surface area contributed by atoms with Gasteiger partial charge < -0.3 is 4.74 Å². The summed E-state index contributed by atoms with van der Waals surface area (Å²) in [6, 6.07) is 12.9. The van der Waals surface area contributed by atoms with Crippen molar-refractivity contribution in [3.05, 3.63) is 62.0 Å². The maximum Gasteiger partial charge on any atom is 0.234 e. The number of H-pyrrole nitrogens is 1. The standard InChI is InChI=1S/C16H10Cl2N4OS2/c17-11-4-1-10(13(18)7-11)8-23-12-5-2-9(3-6-12)14-19-20-15-22(14)21-16(24)25-15/h1-7H,8H2,(H,21,24). The van der Waals surface area contributed by atoms with Crippen molar-refractivity contribution < 1.29 is 4.74 Å². The summed E-state index contributed by atoms with van der Waals surface area (Å²) in [5, 5.41) is 12.5. The molecular weight excluding hydrogens is 399 g/mol. The van der Waals surface area contributed by atoms with Crippen molar-refractivity contribution in [2.24, 2.45) is 0 Å². The average Bonchev–Trinajstić information content (AvgIpc) is 3.13. The molecule has 0 amide bonds. The lowest BCUT2D eigenvalue weighted by atomic mass is 10.2. The van der Waals surface area contributed by atoms with Gasteiger partial charge in [0.25, 0.3) is 0 Å². The molecule has 0 radical (unpaired) electrons. The van der Waals surface area contributed by atoms with Crippen LogP contribution in [0.5, 0.6) is 5.75 Å². The van der Waals surface area contributed by atoms with Crippen molar-refractivity contribution in [3.8, 4) is 17.1 Å². The van der Waals surface area contributed by atoms with E-state index in [4.69, 9.17) is 40.2 Å². The predicted octanol–water partition coefficient (Wildman–Crippen LogP) is 5.40. The SMILES string of the molecule is S=c1[nH]n2c(-c3ccc(OCc4ccc(Cl)cc4Cl)cc3)nnc2s1. The van der Waals surface area contributed by atoms with Gasteiger partial charge in [0, 0.05) is 21.2 Å². The van der Waals surface area contributed by atoms with E-state index in [0.717, 1.165) is 21.8 Å². The number of fused-ring (bicyclic) bond motifs is 1. The molecule has 4 aromatic rings. The van der Waals surface area contributed by atoms with E-state index in [1.165, 1.54) is 11.3 Å². The van der Waals surface area contributed by atoms with Crippen LogP contribution in [0, 0.1) is 3.95 Å². The zero-order valence-electron chi connectivity index (χ0n) is 12.6. The molecule has 0 atom stereocenters. The molecule has 1 N–H and O–H groups in total. The van der Waals surface area contributed by atoms with Gasteiger partial charge in [-0.2, -0.15) is 0 Å². The number of aromatic nitrogens is 4. The summed E-state index contributed by atoms with van der Waals surface area (Å²) >= 11 is 18.6. The summed E-state index contributed by atoms with van der Waals surface area (Å²) in [6.07, 6.45) is 0. The highest BCUT2D eigenvalue weighted by Crippen LogP contribution is 2.25. The van der Waals surface area contributed by atoms with Gasteiger partial charge in [-0.3, -0.25) is 5.10 Å². The fraction of sp³-hybridized carbons (Fsp3) is 0.0625. The summed E-state index contributed by atoms with van der Waals surface area (Å²) in [4.78, 5) is 0.734. The second-order valence-electron chi connectivity index (χ2n) is 5.19. The van der Waals surface area contributed by atoms with Gasteiger partial charge in [-0.1, -0.05) is 40.6 Å². The minimum Gasteiger partial charge on any atom is -0.489 e. The van der Waals surface area contributed by atoms with Gasteiger partial charge in [0.1, 0.15) is 12.4 Å². The Morgan fingerprint density at radius 3 is 2.68 bits per heavy atom. The monoisotopic (exact) mass is 408 g/mol. The lowest BCUT2D eigenvalue weighted by Crippen LogP contribution is -1.96. The Hall–Kier alpha value is -1.93. The molecule has 126 valence electrons. The Morgan fingerprint density at radius 1 is 1.12 bits per heavy atom. The van der Waals surface area contributed by atoms with E-state index in [0.29, 0.717) is 26.4 Å².